The lowest BCUT2D eigenvalue weighted by molar-refractivity contribution is 0.243. The molecule has 2 fully saturated rings. The highest BCUT2D eigenvalue weighted by Gasteiger charge is 2.29. The van der Waals surface area contributed by atoms with Crippen LogP contribution in [0.15, 0.2) is 0 Å². The molecule has 3 unspecified atom stereocenters. The number of nitrogens with zero attached hydrogens (tertiary/aromatic N) is 1. The quantitative estimate of drug-likeness (QED) is 0.691. The van der Waals surface area contributed by atoms with E-state index < -0.39 is 0 Å². The summed E-state index contributed by atoms with van der Waals surface area (Å²) < 4.78 is 0. The van der Waals surface area contributed by atoms with Crippen molar-refractivity contribution in [2.45, 2.75) is 37.8 Å². The molecule has 0 aromatic rings. The Morgan fingerprint density at radius 1 is 1.50 bits per heavy atom. The molecule has 0 aliphatic carbocycles. The van der Waals surface area contributed by atoms with Crippen LogP contribution in [0.1, 0.15) is 25.7 Å². The van der Waals surface area contributed by atoms with Gasteiger partial charge in [-0.3, -0.25) is 0 Å². The summed E-state index contributed by atoms with van der Waals surface area (Å²) in [5.74, 6) is 0.790. The number of nitrogens with one attached hydrogen (secondary N) is 1. The summed E-state index contributed by atoms with van der Waals surface area (Å²) in [4.78, 5) is 2.49. The summed E-state index contributed by atoms with van der Waals surface area (Å²) in [6.07, 6.45) is 5.22. The van der Waals surface area contributed by atoms with Crippen LogP contribution in [-0.4, -0.2) is 48.8 Å². The Kier molecular flexibility index (Phi) is 3.42. The van der Waals surface area contributed by atoms with Crippen LogP contribution in [0.3, 0.4) is 0 Å². The molecule has 0 radical (unpaired) electrons. The monoisotopic (exact) mass is 198 g/mol. The fourth-order valence-electron chi connectivity index (χ4n) is 2.88. The molecule has 0 amide bonds. The van der Waals surface area contributed by atoms with Gasteiger partial charge >= 0.3 is 0 Å². The van der Waals surface area contributed by atoms with Gasteiger partial charge in [0.25, 0.3) is 0 Å². The number of aliphatic hydroxyl groups is 1. The fourth-order valence-corrected chi connectivity index (χ4v) is 2.88. The molecule has 0 aromatic heterocycles. The maximum Gasteiger partial charge on any atom is 0.0584 e. The van der Waals surface area contributed by atoms with E-state index in [-0.39, 0.29) is 0 Å². The Bertz CT molecular complexity index is 186. The van der Waals surface area contributed by atoms with Crippen LogP contribution in [0.5, 0.6) is 0 Å². The van der Waals surface area contributed by atoms with Gasteiger partial charge in [0, 0.05) is 12.1 Å². The van der Waals surface area contributed by atoms with E-state index in [9.17, 15) is 0 Å². The maximum absolute atomic E-state index is 9.02. The normalized spacial score (nSPS) is 39.4. The number of aliphatic hydroxyl groups excluding tert-OH is 1. The van der Waals surface area contributed by atoms with Crippen LogP contribution in [0.2, 0.25) is 0 Å². The maximum atomic E-state index is 9.02. The van der Waals surface area contributed by atoms with E-state index in [0.29, 0.717) is 12.6 Å². The molecule has 2 rings (SSSR count). The van der Waals surface area contributed by atoms with Crippen molar-refractivity contribution in [1.29, 1.82) is 0 Å². The third-order valence-electron chi connectivity index (χ3n) is 3.81. The van der Waals surface area contributed by atoms with Gasteiger partial charge in [-0.2, -0.15) is 0 Å². The van der Waals surface area contributed by atoms with Gasteiger partial charge in [0.2, 0.25) is 0 Å². The van der Waals surface area contributed by atoms with Crippen molar-refractivity contribution < 1.29 is 5.11 Å². The van der Waals surface area contributed by atoms with Crippen LogP contribution in [0.25, 0.3) is 0 Å². The molecule has 82 valence electrons. The standard InChI is InChI=1S/C11H22N2O/c1-13-4-2-3-11(13)6-9-5-10(8-14)12-7-9/h9-12,14H,2-8H2,1H3. The van der Waals surface area contributed by atoms with E-state index in [2.05, 4.69) is 17.3 Å². The van der Waals surface area contributed by atoms with Crippen LogP contribution in [-0.2, 0) is 0 Å². The highest BCUT2D eigenvalue weighted by molar-refractivity contribution is 4.86. The highest BCUT2D eigenvalue weighted by atomic mass is 16.3. The summed E-state index contributed by atoms with van der Waals surface area (Å²) in [5, 5.41) is 12.4. The summed E-state index contributed by atoms with van der Waals surface area (Å²) >= 11 is 0. The molecule has 3 nitrogen and oxygen atoms in total. The Hall–Kier alpha value is -0.120. The molecule has 2 N–H and O–H groups in total. The van der Waals surface area contributed by atoms with Gasteiger partial charge in [0.05, 0.1) is 6.61 Å². The van der Waals surface area contributed by atoms with Crippen molar-refractivity contribution in [1.82, 2.24) is 10.2 Å². The molecule has 0 bridgehead atoms. The fraction of sp³-hybridized carbons (Fsp3) is 1.00. The zero-order chi connectivity index (χ0) is 9.97. The third kappa shape index (κ3) is 2.27. The molecular weight excluding hydrogens is 176 g/mol. The molecule has 0 spiro atoms. The van der Waals surface area contributed by atoms with E-state index in [1.54, 1.807) is 0 Å². The Balaban J connectivity index is 1.75. The van der Waals surface area contributed by atoms with Crippen molar-refractivity contribution in [2.24, 2.45) is 5.92 Å². The Morgan fingerprint density at radius 2 is 2.36 bits per heavy atom. The first kappa shape index (κ1) is 10.4. The van der Waals surface area contributed by atoms with Gasteiger partial charge in [-0.05, 0) is 51.7 Å². The minimum atomic E-state index is 0.303. The zero-order valence-electron chi connectivity index (χ0n) is 9.08. The lowest BCUT2D eigenvalue weighted by Crippen LogP contribution is -2.27. The molecule has 14 heavy (non-hydrogen) atoms. The first-order valence-corrected chi connectivity index (χ1v) is 5.84. The molecule has 3 atom stereocenters. The Morgan fingerprint density at radius 3 is 2.93 bits per heavy atom. The molecular formula is C11H22N2O. The first-order valence-electron chi connectivity index (χ1n) is 5.84. The van der Waals surface area contributed by atoms with Gasteiger partial charge in [0.1, 0.15) is 0 Å². The average molecular weight is 198 g/mol. The smallest absolute Gasteiger partial charge is 0.0584 e. The summed E-state index contributed by atoms with van der Waals surface area (Å²) in [6.45, 7) is 2.68. The zero-order valence-corrected chi connectivity index (χ0v) is 9.08. The average Bonchev–Trinajstić information content (AvgIpc) is 2.77. The van der Waals surface area contributed by atoms with E-state index >= 15 is 0 Å². The number of rotatable bonds is 3. The molecule has 2 aliphatic heterocycles. The van der Waals surface area contributed by atoms with Crippen molar-refractivity contribution >= 4 is 0 Å². The van der Waals surface area contributed by atoms with Crippen LogP contribution in [0, 0.1) is 5.92 Å². The van der Waals surface area contributed by atoms with Crippen molar-refractivity contribution in [2.75, 3.05) is 26.7 Å². The second kappa shape index (κ2) is 4.60. The van der Waals surface area contributed by atoms with Gasteiger partial charge < -0.3 is 15.3 Å². The topological polar surface area (TPSA) is 35.5 Å². The van der Waals surface area contributed by atoms with Crippen molar-refractivity contribution in [3.8, 4) is 0 Å². The largest absolute Gasteiger partial charge is 0.395 e. The summed E-state index contributed by atoms with van der Waals surface area (Å²) in [5.41, 5.74) is 0. The van der Waals surface area contributed by atoms with Gasteiger partial charge in [-0.15, -0.1) is 0 Å². The lowest BCUT2D eigenvalue weighted by Gasteiger charge is -2.22. The van der Waals surface area contributed by atoms with Crippen molar-refractivity contribution in [3.63, 3.8) is 0 Å². The van der Waals surface area contributed by atoms with Gasteiger partial charge in [-0.1, -0.05) is 0 Å². The predicted molar refractivity (Wildman–Crippen MR) is 57.3 cm³/mol. The molecule has 2 heterocycles. The second-order valence-electron chi connectivity index (χ2n) is 4.90. The SMILES string of the molecule is CN1CCCC1CC1CNC(CO)C1. The molecule has 2 saturated heterocycles. The van der Waals surface area contributed by atoms with Gasteiger partial charge in [0.15, 0.2) is 0 Å². The van der Waals surface area contributed by atoms with Gasteiger partial charge in [-0.25, -0.2) is 0 Å². The minimum absolute atomic E-state index is 0.303. The molecule has 3 heteroatoms. The number of likely N-dealkylation sites (tertiary alicyclic amines) is 1. The first-order chi connectivity index (χ1) is 6.79. The third-order valence-corrected chi connectivity index (χ3v) is 3.81. The van der Waals surface area contributed by atoms with E-state index in [0.717, 1.165) is 18.5 Å². The predicted octanol–water partition coefficient (Wildman–Crippen LogP) is 0.441. The number of hydrogen-bond acceptors (Lipinski definition) is 3. The van der Waals surface area contributed by atoms with Crippen molar-refractivity contribution in [3.05, 3.63) is 0 Å². The van der Waals surface area contributed by atoms with Crippen LogP contribution < -0.4 is 5.32 Å². The van der Waals surface area contributed by atoms with E-state index in [4.69, 9.17) is 5.11 Å². The molecule has 0 aromatic carbocycles. The Labute approximate surface area is 86.5 Å². The summed E-state index contributed by atoms with van der Waals surface area (Å²) in [7, 11) is 2.24. The minimum Gasteiger partial charge on any atom is -0.395 e. The summed E-state index contributed by atoms with van der Waals surface area (Å²) in [6, 6.07) is 1.17. The van der Waals surface area contributed by atoms with E-state index in [1.807, 2.05) is 0 Å². The highest BCUT2D eigenvalue weighted by Crippen LogP contribution is 2.26. The van der Waals surface area contributed by atoms with Crippen LogP contribution in [0.4, 0.5) is 0 Å². The second-order valence-corrected chi connectivity index (χ2v) is 4.90. The lowest BCUT2D eigenvalue weighted by atomic mass is 9.96. The molecule has 2 aliphatic rings. The van der Waals surface area contributed by atoms with E-state index in [1.165, 1.54) is 32.2 Å². The number of hydrogen-bond donors (Lipinski definition) is 2. The van der Waals surface area contributed by atoms with Crippen LogP contribution >= 0.6 is 0 Å². The molecule has 0 saturated carbocycles.